The van der Waals surface area contributed by atoms with Crippen LogP contribution in [0, 0.1) is 11.8 Å². The zero-order chi connectivity index (χ0) is 14.8. The van der Waals surface area contributed by atoms with Crippen LogP contribution in [0.15, 0.2) is 30.3 Å². The number of hydrogen-bond donors (Lipinski definition) is 2. The molecule has 0 unspecified atom stereocenters. The van der Waals surface area contributed by atoms with Gasteiger partial charge in [0.05, 0.1) is 11.8 Å². The van der Waals surface area contributed by atoms with Crippen molar-refractivity contribution < 1.29 is 14.4 Å². The van der Waals surface area contributed by atoms with Crippen molar-refractivity contribution in [2.24, 2.45) is 11.8 Å². The number of benzene rings is 1. The van der Waals surface area contributed by atoms with Gasteiger partial charge in [-0.3, -0.25) is 14.4 Å². The fraction of sp³-hybridized carbons (Fsp3) is 0.438. The molecule has 1 heterocycles. The molecule has 2 N–H and O–H groups in total. The second-order valence-electron chi connectivity index (χ2n) is 5.76. The van der Waals surface area contributed by atoms with Crippen molar-refractivity contribution in [1.82, 2.24) is 10.6 Å². The van der Waals surface area contributed by atoms with E-state index in [1.807, 2.05) is 30.3 Å². The van der Waals surface area contributed by atoms with Gasteiger partial charge in [-0.25, -0.2) is 0 Å². The summed E-state index contributed by atoms with van der Waals surface area (Å²) in [4.78, 5) is 36.2. The van der Waals surface area contributed by atoms with Crippen LogP contribution in [0.1, 0.15) is 24.3 Å². The van der Waals surface area contributed by atoms with Gasteiger partial charge in [0.15, 0.2) is 0 Å². The summed E-state index contributed by atoms with van der Waals surface area (Å²) in [5.41, 5.74) is 0.779. The minimum atomic E-state index is -0.612. The number of hydrogen-bond acceptors (Lipinski definition) is 3. The first kappa shape index (κ1) is 13.8. The molecule has 0 radical (unpaired) electrons. The second kappa shape index (κ2) is 5.68. The molecular weight excluding hydrogens is 268 g/mol. The maximum atomic E-state index is 12.3. The van der Waals surface area contributed by atoms with Crippen molar-refractivity contribution in [3.63, 3.8) is 0 Å². The van der Waals surface area contributed by atoms with E-state index in [1.165, 1.54) is 0 Å². The van der Waals surface area contributed by atoms with E-state index >= 15 is 0 Å². The number of carbonyl (C=O) groups is 3. The second-order valence-corrected chi connectivity index (χ2v) is 5.76. The van der Waals surface area contributed by atoms with E-state index in [1.54, 1.807) is 0 Å². The lowest BCUT2D eigenvalue weighted by Gasteiger charge is -2.15. The number of carbonyl (C=O) groups excluding carboxylic acids is 3. The van der Waals surface area contributed by atoms with Gasteiger partial charge in [-0.15, -0.1) is 0 Å². The first-order valence-corrected chi connectivity index (χ1v) is 7.31. The van der Waals surface area contributed by atoms with Gasteiger partial charge in [0, 0.05) is 13.1 Å². The van der Waals surface area contributed by atoms with Gasteiger partial charge in [-0.05, 0) is 24.3 Å². The Labute approximate surface area is 123 Å². The molecule has 1 saturated carbocycles. The molecule has 21 heavy (non-hydrogen) atoms. The van der Waals surface area contributed by atoms with E-state index in [2.05, 4.69) is 10.6 Å². The Hall–Kier alpha value is -2.17. The number of Topliss-reactive ketones (excluding diaryl/α,β-unsaturated/α-hetero) is 1. The summed E-state index contributed by atoms with van der Waals surface area (Å²) in [6, 6.07) is 9.15. The van der Waals surface area contributed by atoms with E-state index in [-0.39, 0.29) is 12.5 Å². The van der Waals surface area contributed by atoms with Crippen LogP contribution in [0.25, 0.3) is 0 Å². The van der Waals surface area contributed by atoms with Gasteiger partial charge in [0.2, 0.25) is 11.7 Å². The highest BCUT2D eigenvalue weighted by Crippen LogP contribution is 2.30. The molecule has 1 saturated heterocycles. The number of ketones is 1. The fourth-order valence-electron chi connectivity index (χ4n) is 2.72. The highest BCUT2D eigenvalue weighted by atomic mass is 16.2. The third-order valence-corrected chi connectivity index (χ3v) is 4.15. The molecule has 2 atom stereocenters. The summed E-state index contributed by atoms with van der Waals surface area (Å²) in [7, 11) is 0. The molecule has 0 bridgehead atoms. The molecule has 0 spiro atoms. The quantitative estimate of drug-likeness (QED) is 0.779. The summed E-state index contributed by atoms with van der Waals surface area (Å²) < 4.78 is 0. The number of nitrogens with one attached hydrogen (secondary N) is 2. The molecule has 5 nitrogen and oxygen atoms in total. The first-order valence-electron chi connectivity index (χ1n) is 7.31. The summed E-state index contributed by atoms with van der Waals surface area (Å²) in [6.45, 7) is 0.794. The molecular formula is C16H18N2O3. The third-order valence-electron chi connectivity index (χ3n) is 4.15. The maximum Gasteiger partial charge on any atom is 0.287 e. The van der Waals surface area contributed by atoms with Crippen LogP contribution < -0.4 is 10.6 Å². The van der Waals surface area contributed by atoms with Crippen LogP contribution in [0.5, 0.6) is 0 Å². The molecule has 1 aliphatic heterocycles. The normalized spacial score (nSPS) is 24.5. The van der Waals surface area contributed by atoms with Crippen molar-refractivity contribution >= 4 is 17.6 Å². The van der Waals surface area contributed by atoms with E-state index in [9.17, 15) is 14.4 Å². The Morgan fingerprint density at radius 1 is 1.19 bits per heavy atom. The molecule has 1 aromatic carbocycles. The first-order chi connectivity index (χ1) is 10.2. The number of amides is 2. The Morgan fingerprint density at radius 2 is 1.90 bits per heavy atom. The molecule has 5 heteroatoms. The predicted octanol–water partition coefficient (Wildman–Crippen LogP) is 0.612. The van der Waals surface area contributed by atoms with Gasteiger partial charge in [-0.2, -0.15) is 0 Å². The lowest BCUT2D eigenvalue weighted by atomic mass is 9.85. The molecule has 2 fully saturated rings. The lowest BCUT2D eigenvalue weighted by molar-refractivity contribution is -0.140. The summed E-state index contributed by atoms with van der Waals surface area (Å²) in [6.07, 6.45) is 2.23. The highest BCUT2D eigenvalue weighted by Gasteiger charge is 2.42. The lowest BCUT2D eigenvalue weighted by Crippen LogP contribution is -2.38. The van der Waals surface area contributed by atoms with Crippen molar-refractivity contribution in [1.29, 1.82) is 0 Å². The smallest absolute Gasteiger partial charge is 0.287 e. The minimum Gasteiger partial charge on any atom is -0.355 e. The Kier molecular flexibility index (Phi) is 3.73. The predicted molar refractivity (Wildman–Crippen MR) is 76.4 cm³/mol. The maximum absolute atomic E-state index is 12.3. The average molecular weight is 286 g/mol. The van der Waals surface area contributed by atoms with Crippen LogP contribution in [0.3, 0.4) is 0 Å². The third kappa shape index (κ3) is 2.96. The van der Waals surface area contributed by atoms with Crippen molar-refractivity contribution in [2.75, 3.05) is 13.1 Å². The Bertz CT molecular complexity index is 566. The molecule has 3 rings (SSSR count). The molecule has 1 aromatic rings. The van der Waals surface area contributed by atoms with E-state index in [0.717, 1.165) is 18.4 Å². The van der Waals surface area contributed by atoms with E-state index in [0.29, 0.717) is 12.5 Å². The molecule has 2 aliphatic rings. The largest absolute Gasteiger partial charge is 0.355 e. The van der Waals surface area contributed by atoms with Crippen LogP contribution in [-0.2, 0) is 14.4 Å². The SMILES string of the molecule is O=C(NCC1CC1)C(=O)[C@@H]1CNC(=O)[C@H]1c1ccccc1. The molecule has 2 amide bonds. The van der Waals surface area contributed by atoms with Gasteiger partial charge >= 0.3 is 0 Å². The van der Waals surface area contributed by atoms with Crippen molar-refractivity contribution in [3.05, 3.63) is 35.9 Å². The summed E-state index contributed by atoms with van der Waals surface area (Å²) in [5, 5.41) is 5.37. The van der Waals surface area contributed by atoms with Gasteiger partial charge in [0.25, 0.3) is 5.91 Å². The van der Waals surface area contributed by atoms with E-state index in [4.69, 9.17) is 0 Å². The Morgan fingerprint density at radius 3 is 2.57 bits per heavy atom. The summed E-state index contributed by atoms with van der Waals surface area (Å²) in [5.74, 6) is -1.90. The van der Waals surface area contributed by atoms with Gasteiger partial charge < -0.3 is 10.6 Å². The molecule has 1 aliphatic carbocycles. The molecule has 0 aromatic heterocycles. The van der Waals surface area contributed by atoms with Crippen molar-refractivity contribution in [3.8, 4) is 0 Å². The average Bonchev–Trinajstić information content (AvgIpc) is 3.26. The fourth-order valence-corrected chi connectivity index (χ4v) is 2.72. The van der Waals surface area contributed by atoms with Crippen LogP contribution >= 0.6 is 0 Å². The van der Waals surface area contributed by atoms with Crippen molar-refractivity contribution in [2.45, 2.75) is 18.8 Å². The van der Waals surface area contributed by atoms with Crippen LogP contribution in [0.2, 0.25) is 0 Å². The summed E-state index contributed by atoms with van der Waals surface area (Å²) >= 11 is 0. The zero-order valence-corrected chi connectivity index (χ0v) is 11.7. The van der Waals surface area contributed by atoms with Gasteiger partial charge in [0.1, 0.15) is 0 Å². The Balaban J connectivity index is 1.71. The topological polar surface area (TPSA) is 75.3 Å². The standard InChI is InChI=1S/C16H18N2O3/c19-14(16(21)17-8-10-6-7-10)12-9-18-15(20)13(12)11-4-2-1-3-5-11/h1-5,10,12-13H,6-9H2,(H,17,21)(H,18,20)/t12-,13+/m1/s1. The highest BCUT2D eigenvalue weighted by molar-refractivity contribution is 6.38. The minimum absolute atomic E-state index is 0.186. The van der Waals surface area contributed by atoms with Crippen LogP contribution in [0.4, 0.5) is 0 Å². The van der Waals surface area contributed by atoms with Crippen LogP contribution in [-0.4, -0.2) is 30.7 Å². The number of rotatable bonds is 5. The monoisotopic (exact) mass is 286 g/mol. The van der Waals surface area contributed by atoms with E-state index < -0.39 is 23.5 Å². The zero-order valence-electron chi connectivity index (χ0n) is 11.7. The molecule has 110 valence electrons. The van der Waals surface area contributed by atoms with Gasteiger partial charge in [-0.1, -0.05) is 30.3 Å².